The zero-order chi connectivity index (χ0) is 14.6. The molecule has 0 saturated carbocycles. The molecule has 7 heteroatoms. The first kappa shape index (κ1) is 17.2. The predicted octanol–water partition coefficient (Wildman–Crippen LogP) is 1.88. The molecule has 0 saturated heterocycles. The van der Waals surface area contributed by atoms with E-state index in [4.69, 9.17) is 4.74 Å². The lowest BCUT2D eigenvalue weighted by molar-refractivity contribution is 0.0358. The molecule has 0 radical (unpaired) electrons. The second kappa shape index (κ2) is 6.38. The van der Waals surface area contributed by atoms with Crippen LogP contribution in [0.5, 0.6) is 0 Å². The average molecular weight is 280 g/mol. The lowest BCUT2D eigenvalue weighted by Gasteiger charge is -2.26. The smallest absolute Gasteiger partial charge is 0.422 e. The van der Waals surface area contributed by atoms with Crippen molar-refractivity contribution < 1.29 is 17.9 Å². The minimum absolute atomic E-state index is 0.237. The lowest BCUT2D eigenvalue weighted by atomic mass is 10.0. The summed E-state index contributed by atoms with van der Waals surface area (Å²) in [7, 11) is -2.44. The molecule has 0 aromatic heterocycles. The monoisotopic (exact) mass is 280 g/mol. The first-order valence-corrected chi connectivity index (χ1v) is 7.44. The van der Waals surface area contributed by atoms with Crippen LogP contribution in [0.4, 0.5) is 4.79 Å². The van der Waals surface area contributed by atoms with E-state index in [1.54, 1.807) is 27.7 Å². The Kier molecular flexibility index (Phi) is 6.09. The predicted molar refractivity (Wildman–Crippen MR) is 70.4 cm³/mol. The van der Waals surface area contributed by atoms with Gasteiger partial charge in [0.15, 0.2) is 0 Å². The van der Waals surface area contributed by atoms with Crippen LogP contribution < -0.4 is 4.72 Å². The van der Waals surface area contributed by atoms with Crippen molar-refractivity contribution in [3.63, 3.8) is 0 Å². The molecular formula is C11H24N2O4S. The molecule has 0 atom stereocenters. The van der Waals surface area contributed by atoms with E-state index in [2.05, 4.69) is 0 Å². The minimum Gasteiger partial charge on any atom is -0.443 e. The molecular weight excluding hydrogens is 256 g/mol. The zero-order valence-corrected chi connectivity index (χ0v) is 12.8. The number of hydrogen-bond donors (Lipinski definition) is 1. The van der Waals surface area contributed by atoms with Crippen LogP contribution in [0.15, 0.2) is 0 Å². The maximum absolute atomic E-state index is 11.7. The summed E-state index contributed by atoms with van der Waals surface area (Å²) >= 11 is 0. The number of rotatable bonds is 6. The van der Waals surface area contributed by atoms with Gasteiger partial charge in [-0.25, -0.2) is 9.52 Å². The van der Waals surface area contributed by atoms with Crippen LogP contribution in [0.25, 0.3) is 0 Å². The summed E-state index contributed by atoms with van der Waals surface area (Å²) in [5.41, 5.74) is -0.676. The zero-order valence-electron chi connectivity index (χ0n) is 12.0. The molecule has 0 aliphatic heterocycles. The van der Waals surface area contributed by atoms with E-state index in [1.165, 1.54) is 7.05 Å². The van der Waals surface area contributed by atoms with Gasteiger partial charge in [-0.15, -0.1) is 0 Å². The molecule has 0 aromatic carbocycles. The average Bonchev–Trinajstić information content (AvgIpc) is 2.13. The van der Waals surface area contributed by atoms with E-state index in [0.717, 1.165) is 10.7 Å². The van der Waals surface area contributed by atoms with Gasteiger partial charge in [0.25, 0.3) is 0 Å². The van der Waals surface area contributed by atoms with Crippen LogP contribution in [-0.2, 0) is 14.9 Å². The number of carbonyl (C=O) groups excluding carboxylic acids is 1. The molecule has 0 unspecified atom stereocenters. The Morgan fingerprint density at radius 3 is 2.28 bits per heavy atom. The highest BCUT2D eigenvalue weighted by molar-refractivity contribution is 7.87. The van der Waals surface area contributed by atoms with Crippen molar-refractivity contribution in [3.8, 4) is 0 Å². The summed E-state index contributed by atoms with van der Waals surface area (Å²) in [6.45, 7) is 8.88. The molecule has 0 aromatic rings. The van der Waals surface area contributed by atoms with Crippen LogP contribution in [0.2, 0.25) is 0 Å². The summed E-state index contributed by atoms with van der Waals surface area (Å²) in [4.78, 5) is 11.5. The molecule has 0 aliphatic rings. The fraction of sp³-hybridized carbons (Fsp3) is 0.909. The molecule has 18 heavy (non-hydrogen) atoms. The molecule has 6 nitrogen and oxygen atoms in total. The third kappa shape index (κ3) is 5.68. The molecule has 108 valence electrons. The van der Waals surface area contributed by atoms with E-state index in [0.29, 0.717) is 6.42 Å². The Hall–Kier alpha value is -0.820. The molecule has 1 amide bonds. The van der Waals surface area contributed by atoms with Crippen molar-refractivity contribution in [1.29, 1.82) is 0 Å². The number of hydrogen-bond acceptors (Lipinski definition) is 4. The quantitative estimate of drug-likeness (QED) is 0.806. The Morgan fingerprint density at radius 1 is 1.39 bits per heavy atom. The van der Waals surface area contributed by atoms with Crippen LogP contribution in [0.3, 0.4) is 0 Å². The van der Waals surface area contributed by atoms with Gasteiger partial charge in [-0.3, -0.25) is 0 Å². The second-order valence-electron chi connectivity index (χ2n) is 5.12. The Balaban J connectivity index is 4.59. The molecule has 0 spiro atoms. The fourth-order valence-corrected chi connectivity index (χ4v) is 2.33. The van der Waals surface area contributed by atoms with Gasteiger partial charge in [-0.2, -0.15) is 12.7 Å². The number of ether oxygens (including phenoxy) is 1. The molecule has 0 aliphatic carbocycles. The largest absolute Gasteiger partial charge is 0.443 e. The van der Waals surface area contributed by atoms with Gasteiger partial charge in [0.1, 0.15) is 5.60 Å². The van der Waals surface area contributed by atoms with Crippen molar-refractivity contribution in [2.24, 2.45) is 0 Å². The SMILES string of the molecule is CCCC(C)(C)OC(=O)NS(=O)(=O)N(C)C(C)C. The lowest BCUT2D eigenvalue weighted by Crippen LogP contribution is -2.46. The Labute approximate surface area is 110 Å². The van der Waals surface area contributed by atoms with Crippen molar-refractivity contribution in [1.82, 2.24) is 9.03 Å². The van der Waals surface area contributed by atoms with Crippen LogP contribution in [0, 0.1) is 0 Å². The van der Waals surface area contributed by atoms with Gasteiger partial charge in [0.2, 0.25) is 0 Å². The number of amides is 1. The van der Waals surface area contributed by atoms with Crippen molar-refractivity contribution in [2.75, 3.05) is 7.05 Å². The summed E-state index contributed by atoms with van der Waals surface area (Å²) in [6, 6.07) is -0.237. The number of nitrogens with zero attached hydrogens (tertiary/aromatic N) is 1. The van der Waals surface area contributed by atoms with E-state index in [9.17, 15) is 13.2 Å². The van der Waals surface area contributed by atoms with Gasteiger partial charge < -0.3 is 4.74 Å². The van der Waals surface area contributed by atoms with Gasteiger partial charge in [-0.05, 0) is 34.1 Å². The summed E-state index contributed by atoms with van der Waals surface area (Å²) in [5.74, 6) is 0. The number of nitrogens with one attached hydrogen (secondary N) is 1. The van der Waals surface area contributed by atoms with Crippen molar-refractivity contribution >= 4 is 16.3 Å². The van der Waals surface area contributed by atoms with E-state index in [1.807, 2.05) is 11.6 Å². The van der Waals surface area contributed by atoms with Crippen molar-refractivity contribution in [2.45, 2.75) is 59.1 Å². The van der Waals surface area contributed by atoms with E-state index >= 15 is 0 Å². The van der Waals surface area contributed by atoms with Crippen LogP contribution in [0.1, 0.15) is 47.5 Å². The Morgan fingerprint density at radius 2 is 1.89 bits per heavy atom. The van der Waals surface area contributed by atoms with E-state index < -0.39 is 21.9 Å². The van der Waals surface area contributed by atoms with Crippen molar-refractivity contribution in [3.05, 3.63) is 0 Å². The molecule has 0 fully saturated rings. The maximum Gasteiger partial charge on any atom is 0.422 e. The molecule has 0 heterocycles. The standard InChI is InChI=1S/C11H24N2O4S/c1-7-8-11(4,5)17-10(14)12-18(15,16)13(6)9(2)3/h9H,7-8H2,1-6H3,(H,12,14). The van der Waals surface area contributed by atoms with Gasteiger partial charge in [0.05, 0.1) is 0 Å². The first-order valence-electron chi connectivity index (χ1n) is 6.00. The third-order valence-electron chi connectivity index (χ3n) is 2.54. The summed E-state index contributed by atoms with van der Waals surface area (Å²) < 4.78 is 31.5. The van der Waals surface area contributed by atoms with E-state index in [-0.39, 0.29) is 6.04 Å². The van der Waals surface area contributed by atoms with Gasteiger partial charge in [-0.1, -0.05) is 13.3 Å². The highest BCUT2D eigenvalue weighted by Crippen LogP contribution is 2.16. The first-order chi connectivity index (χ1) is 8.02. The van der Waals surface area contributed by atoms with Crippen LogP contribution in [-0.4, -0.2) is 37.5 Å². The third-order valence-corrected chi connectivity index (χ3v) is 4.14. The number of carbonyl (C=O) groups is 1. The maximum atomic E-state index is 11.7. The normalized spacial score (nSPS) is 12.9. The highest BCUT2D eigenvalue weighted by Gasteiger charge is 2.27. The summed E-state index contributed by atoms with van der Waals surface area (Å²) in [6.07, 6.45) is 0.570. The molecule has 0 bridgehead atoms. The van der Waals surface area contributed by atoms with Gasteiger partial charge >= 0.3 is 16.3 Å². The second-order valence-corrected chi connectivity index (χ2v) is 6.85. The van der Waals surface area contributed by atoms with Gasteiger partial charge in [0, 0.05) is 13.1 Å². The topological polar surface area (TPSA) is 75.7 Å². The highest BCUT2D eigenvalue weighted by atomic mass is 32.2. The fourth-order valence-electron chi connectivity index (χ4n) is 1.38. The Bertz CT molecular complexity index is 377. The van der Waals surface area contributed by atoms with Crippen LogP contribution >= 0.6 is 0 Å². The minimum atomic E-state index is -3.84. The summed E-state index contributed by atoms with van der Waals surface area (Å²) in [5, 5.41) is 0. The molecule has 1 N–H and O–H groups in total. The molecule has 0 rings (SSSR count).